The Hall–Kier alpha value is -0.160. The summed E-state index contributed by atoms with van der Waals surface area (Å²) in [4.78, 5) is 0. The summed E-state index contributed by atoms with van der Waals surface area (Å²) in [6, 6.07) is 0.409. The van der Waals surface area contributed by atoms with Gasteiger partial charge in [-0.15, -0.1) is 0 Å². The van der Waals surface area contributed by atoms with Crippen LogP contribution in [-0.4, -0.2) is 31.5 Å². The molecule has 4 heteroatoms. The largest absolute Gasteiger partial charge is 0.381 e. The van der Waals surface area contributed by atoms with Crippen LogP contribution >= 0.6 is 0 Å². The summed E-state index contributed by atoms with van der Waals surface area (Å²) in [6.07, 6.45) is 8.60. The third-order valence-electron chi connectivity index (χ3n) is 5.20. The first-order valence-electron chi connectivity index (χ1n) is 7.51. The summed E-state index contributed by atoms with van der Waals surface area (Å²) < 4.78 is 11.6. The quantitative estimate of drug-likeness (QED) is 0.593. The molecule has 18 heavy (non-hydrogen) atoms. The molecule has 0 aromatic rings. The zero-order valence-corrected chi connectivity index (χ0v) is 11.2. The molecule has 2 saturated heterocycles. The minimum Gasteiger partial charge on any atom is -0.381 e. The van der Waals surface area contributed by atoms with Crippen LogP contribution in [0.4, 0.5) is 0 Å². The van der Waals surface area contributed by atoms with Gasteiger partial charge in [0.25, 0.3) is 0 Å². The second kappa shape index (κ2) is 5.45. The molecule has 0 aromatic carbocycles. The van der Waals surface area contributed by atoms with Crippen LogP contribution in [-0.2, 0) is 9.47 Å². The van der Waals surface area contributed by atoms with Crippen LogP contribution in [0.3, 0.4) is 0 Å². The molecule has 1 aliphatic carbocycles. The minimum atomic E-state index is 0.216. The molecule has 3 rings (SSSR count). The zero-order valence-electron chi connectivity index (χ0n) is 11.2. The van der Waals surface area contributed by atoms with Gasteiger partial charge in [-0.3, -0.25) is 11.3 Å². The third-order valence-corrected chi connectivity index (χ3v) is 5.20. The van der Waals surface area contributed by atoms with Crippen LogP contribution in [0.25, 0.3) is 0 Å². The molecule has 3 N–H and O–H groups in total. The van der Waals surface area contributed by atoms with Crippen molar-refractivity contribution in [1.29, 1.82) is 0 Å². The molecular formula is C14H26N2O2. The van der Waals surface area contributed by atoms with Gasteiger partial charge >= 0.3 is 0 Å². The van der Waals surface area contributed by atoms with Crippen molar-refractivity contribution in [2.24, 2.45) is 17.7 Å². The van der Waals surface area contributed by atoms with Gasteiger partial charge in [-0.25, -0.2) is 0 Å². The first kappa shape index (κ1) is 12.9. The Bertz CT molecular complexity index is 275. The lowest BCUT2D eigenvalue weighted by Gasteiger charge is -2.49. The van der Waals surface area contributed by atoms with Crippen molar-refractivity contribution in [2.75, 3.05) is 19.8 Å². The summed E-state index contributed by atoms with van der Waals surface area (Å²) in [6.45, 7) is 2.71. The maximum atomic E-state index is 6.01. The number of nitrogens with two attached hydrogens (primary N) is 1. The van der Waals surface area contributed by atoms with Crippen LogP contribution in [0, 0.1) is 11.8 Å². The van der Waals surface area contributed by atoms with E-state index in [9.17, 15) is 0 Å². The number of hydrogen-bond acceptors (Lipinski definition) is 4. The SMILES string of the molecule is NNC(C1CCCOC1)C1CCOC2(CCC2)C1. The molecule has 3 fully saturated rings. The highest BCUT2D eigenvalue weighted by Crippen LogP contribution is 2.45. The Balaban J connectivity index is 1.63. The minimum absolute atomic E-state index is 0.216. The fourth-order valence-corrected chi connectivity index (χ4v) is 4.00. The summed E-state index contributed by atoms with van der Waals surface area (Å²) in [5, 5.41) is 0. The van der Waals surface area contributed by atoms with Gasteiger partial charge in [0, 0.05) is 19.3 Å². The van der Waals surface area contributed by atoms with E-state index in [-0.39, 0.29) is 5.60 Å². The number of ether oxygens (including phenoxy) is 2. The molecule has 0 bridgehead atoms. The van der Waals surface area contributed by atoms with E-state index in [1.807, 2.05) is 0 Å². The van der Waals surface area contributed by atoms with Gasteiger partial charge in [0.2, 0.25) is 0 Å². The van der Waals surface area contributed by atoms with Crippen molar-refractivity contribution in [3.8, 4) is 0 Å². The van der Waals surface area contributed by atoms with E-state index in [0.29, 0.717) is 17.9 Å². The monoisotopic (exact) mass is 254 g/mol. The molecule has 2 aliphatic heterocycles. The van der Waals surface area contributed by atoms with E-state index in [1.54, 1.807) is 0 Å². The predicted molar refractivity (Wildman–Crippen MR) is 69.9 cm³/mol. The molecule has 1 saturated carbocycles. The van der Waals surface area contributed by atoms with E-state index in [1.165, 1.54) is 38.5 Å². The highest BCUT2D eigenvalue weighted by Gasteiger charge is 2.45. The molecule has 0 amide bonds. The molecule has 3 aliphatic rings. The van der Waals surface area contributed by atoms with Crippen LogP contribution in [0.15, 0.2) is 0 Å². The smallest absolute Gasteiger partial charge is 0.0685 e. The van der Waals surface area contributed by atoms with Crippen LogP contribution in [0.5, 0.6) is 0 Å². The van der Waals surface area contributed by atoms with E-state index in [2.05, 4.69) is 5.43 Å². The number of rotatable bonds is 3. The van der Waals surface area contributed by atoms with Crippen molar-refractivity contribution < 1.29 is 9.47 Å². The number of hydrazine groups is 1. The molecule has 3 atom stereocenters. The summed E-state index contributed by atoms with van der Waals surface area (Å²) in [5.74, 6) is 7.09. The van der Waals surface area contributed by atoms with Gasteiger partial charge in [0.1, 0.15) is 0 Å². The van der Waals surface area contributed by atoms with Gasteiger partial charge in [-0.2, -0.15) is 0 Å². The zero-order chi connectivity index (χ0) is 12.4. The predicted octanol–water partition coefficient (Wildman–Crippen LogP) is 1.59. The first-order chi connectivity index (χ1) is 8.83. The molecule has 1 spiro atoms. The fourth-order valence-electron chi connectivity index (χ4n) is 4.00. The van der Waals surface area contributed by atoms with Gasteiger partial charge in [-0.05, 0) is 56.8 Å². The second-order valence-corrected chi connectivity index (χ2v) is 6.31. The van der Waals surface area contributed by atoms with Gasteiger partial charge in [0.05, 0.1) is 12.2 Å². The van der Waals surface area contributed by atoms with Crippen LogP contribution in [0.1, 0.15) is 44.9 Å². The van der Waals surface area contributed by atoms with E-state index < -0.39 is 0 Å². The molecule has 4 nitrogen and oxygen atoms in total. The Morgan fingerprint density at radius 3 is 2.61 bits per heavy atom. The maximum absolute atomic E-state index is 6.01. The molecule has 0 radical (unpaired) electrons. The Morgan fingerprint density at radius 1 is 1.11 bits per heavy atom. The molecular weight excluding hydrogens is 228 g/mol. The van der Waals surface area contributed by atoms with Gasteiger partial charge in [-0.1, -0.05) is 0 Å². The summed E-state index contributed by atoms with van der Waals surface area (Å²) in [5.41, 5.74) is 3.31. The average molecular weight is 254 g/mol. The topological polar surface area (TPSA) is 56.5 Å². The standard InChI is InChI=1S/C14H26N2O2/c15-16-13(12-3-1-7-17-10-12)11-4-8-18-14(9-11)5-2-6-14/h11-13,16H,1-10,15H2. The molecule has 3 unspecified atom stereocenters. The Labute approximate surface area is 110 Å². The third kappa shape index (κ3) is 2.44. The second-order valence-electron chi connectivity index (χ2n) is 6.31. The van der Waals surface area contributed by atoms with Crippen LogP contribution in [0.2, 0.25) is 0 Å². The first-order valence-corrected chi connectivity index (χ1v) is 7.51. The number of hydrogen-bond donors (Lipinski definition) is 2. The van der Waals surface area contributed by atoms with Crippen molar-refractivity contribution in [3.05, 3.63) is 0 Å². The lowest BCUT2D eigenvalue weighted by atomic mass is 9.68. The van der Waals surface area contributed by atoms with Crippen molar-refractivity contribution in [2.45, 2.75) is 56.6 Å². The van der Waals surface area contributed by atoms with Crippen LogP contribution < -0.4 is 11.3 Å². The average Bonchev–Trinajstić information content (AvgIpc) is 2.39. The maximum Gasteiger partial charge on any atom is 0.0685 e. The number of nitrogens with one attached hydrogen (secondary N) is 1. The van der Waals surface area contributed by atoms with Crippen molar-refractivity contribution >= 4 is 0 Å². The Kier molecular flexibility index (Phi) is 3.89. The molecule has 0 aromatic heterocycles. The van der Waals surface area contributed by atoms with Crippen molar-refractivity contribution in [1.82, 2.24) is 5.43 Å². The summed E-state index contributed by atoms with van der Waals surface area (Å²) >= 11 is 0. The highest BCUT2D eigenvalue weighted by atomic mass is 16.5. The van der Waals surface area contributed by atoms with Gasteiger partial charge < -0.3 is 9.47 Å². The van der Waals surface area contributed by atoms with Crippen molar-refractivity contribution in [3.63, 3.8) is 0 Å². The molecule has 104 valence electrons. The summed E-state index contributed by atoms with van der Waals surface area (Å²) in [7, 11) is 0. The molecule has 2 heterocycles. The fraction of sp³-hybridized carbons (Fsp3) is 1.00. The van der Waals surface area contributed by atoms with E-state index in [0.717, 1.165) is 26.2 Å². The normalized spacial score (nSPS) is 37.2. The lowest BCUT2D eigenvalue weighted by Crippen LogP contribution is -2.54. The van der Waals surface area contributed by atoms with E-state index in [4.69, 9.17) is 15.3 Å². The highest BCUT2D eigenvalue weighted by molar-refractivity contribution is 4.97. The van der Waals surface area contributed by atoms with E-state index >= 15 is 0 Å². The lowest BCUT2D eigenvalue weighted by molar-refractivity contribution is -0.151. The van der Waals surface area contributed by atoms with Gasteiger partial charge in [0.15, 0.2) is 0 Å². The Morgan fingerprint density at radius 2 is 2.00 bits per heavy atom.